The van der Waals surface area contributed by atoms with Gasteiger partial charge >= 0.3 is 5.97 Å². The van der Waals surface area contributed by atoms with Crippen molar-refractivity contribution in [2.45, 2.75) is 4.83 Å². The van der Waals surface area contributed by atoms with Crippen LogP contribution in [0, 0.1) is 0 Å². The Morgan fingerprint density at radius 1 is 1.70 bits per heavy atom. The molecule has 1 atom stereocenters. The van der Waals surface area contributed by atoms with Gasteiger partial charge in [0.05, 0.1) is 4.83 Å². The van der Waals surface area contributed by atoms with Gasteiger partial charge in [-0.25, -0.2) is 0 Å². The first-order valence-electron chi connectivity index (χ1n) is 2.62. The average molecular weight is 294 g/mol. The molecule has 0 aromatic carbocycles. The van der Waals surface area contributed by atoms with Crippen molar-refractivity contribution in [2.24, 2.45) is 0 Å². The Labute approximate surface area is 81.5 Å². The van der Waals surface area contributed by atoms with Crippen LogP contribution in [0.25, 0.3) is 0 Å². The summed E-state index contributed by atoms with van der Waals surface area (Å²) >= 11 is 11.7. The van der Waals surface area contributed by atoms with Crippen LogP contribution in [0.5, 0.6) is 0 Å². The fourth-order valence-electron chi connectivity index (χ4n) is 0.266. The number of hydrogen-bond donors (Lipinski definition) is 0. The van der Waals surface area contributed by atoms with Crippen molar-refractivity contribution < 1.29 is 9.53 Å². The second-order valence-electron chi connectivity index (χ2n) is 1.57. The molecule has 0 rings (SSSR count). The van der Waals surface area contributed by atoms with Gasteiger partial charge in [-0.2, -0.15) is 0 Å². The summed E-state index contributed by atoms with van der Waals surface area (Å²) in [5, 5.41) is 0.753. The number of carbonyl (C=O) groups is 1. The Morgan fingerprint density at radius 2 is 2.30 bits per heavy atom. The number of esters is 1. The largest absolute Gasteiger partial charge is 0.464 e. The first kappa shape index (κ1) is 10.7. The highest BCUT2D eigenvalue weighted by Gasteiger charge is 2.05. The minimum absolute atomic E-state index is 0.0813. The third kappa shape index (κ3) is 5.50. The summed E-state index contributed by atoms with van der Waals surface area (Å²) in [7, 11) is 0. The lowest BCUT2D eigenvalue weighted by Crippen LogP contribution is -2.15. The molecule has 2 nitrogen and oxygen atoms in total. The lowest BCUT2D eigenvalue weighted by atomic mass is 10.5. The average Bonchev–Trinajstić information content (AvgIpc) is 1.99. The van der Waals surface area contributed by atoms with Crippen LogP contribution in [0.3, 0.4) is 0 Å². The van der Waals surface area contributed by atoms with E-state index in [0.29, 0.717) is 6.61 Å². The molecule has 0 aromatic heterocycles. The van der Waals surface area contributed by atoms with E-state index in [2.05, 4.69) is 31.9 Å². The predicted molar refractivity (Wildman–Crippen MR) is 48.2 cm³/mol. The molecule has 0 spiro atoms. The van der Waals surface area contributed by atoms with Gasteiger partial charge in [0.1, 0.15) is 12.5 Å². The summed E-state index contributed by atoms with van der Waals surface area (Å²) in [4.78, 5) is 10.6. The zero-order chi connectivity index (χ0) is 7.98. The van der Waals surface area contributed by atoms with Crippen molar-refractivity contribution in [1.82, 2.24) is 0 Å². The molecule has 5 heteroatoms. The molecule has 0 aliphatic heterocycles. The van der Waals surface area contributed by atoms with Gasteiger partial charge in [-0.1, -0.05) is 31.9 Å². The Bertz CT molecular complexity index is 110. The molecule has 0 heterocycles. The molecule has 0 radical (unpaired) electrons. The standard InChI is InChI=1S/C5H7Br2ClO2/c6-1-4(7)3-10-5(9)2-8/h4H,1-3H2/t4-/m1/s1. The van der Waals surface area contributed by atoms with Crippen LogP contribution >= 0.6 is 43.5 Å². The molecule has 0 unspecified atom stereocenters. The molecule has 0 N–H and O–H groups in total. The molecule has 0 saturated heterocycles. The van der Waals surface area contributed by atoms with Crippen molar-refractivity contribution in [3.63, 3.8) is 0 Å². The topological polar surface area (TPSA) is 26.3 Å². The number of hydrogen-bond acceptors (Lipinski definition) is 2. The van der Waals surface area contributed by atoms with E-state index in [9.17, 15) is 4.79 Å². The minimum atomic E-state index is -0.382. The molecule has 0 amide bonds. The van der Waals surface area contributed by atoms with Gasteiger partial charge in [-0.3, -0.25) is 4.79 Å². The summed E-state index contributed by atoms with van der Waals surface area (Å²) in [6.07, 6.45) is 0. The summed E-state index contributed by atoms with van der Waals surface area (Å²) in [6, 6.07) is 0. The molecule has 60 valence electrons. The zero-order valence-corrected chi connectivity index (χ0v) is 9.08. The monoisotopic (exact) mass is 292 g/mol. The van der Waals surface area contributed by atoms with Gasteiger partial charge in [0.15, 0.2) is 0 Å². The van der Waals surface area contributed by atoms with Gasteiger partial charge < -0.3 is 4.74 Å². The number of halogens is 3. The second-order valence-corrected chi connectivity index (χ2v) is 3.78. The van der Waals surface area contributed by atoms with Crippen molar-refractivity contribution in [3.05, 3.63) is 0 Å². The maximum Gasteiger partial charge on any atom is 0.320 e. The number of rotatable bonds is 4. The van der Waals surface area contributed by atoms with E-state index < -0.39 is 0 Å². The summed E-state index contributed by atoms with van der Waals surface area (Å²) in [5.41, 5.74) is 0. The lowest BCUT2D eigenvalue weighted by Gasteiger charge is -2.05. The lowest BCUT2D eigenvalue weighted by molar-refractivity contribution is -0.140. The van der Waals surface area contributed by atoms with Crippen LogP contribution in [0.15, 0.2) is 0 Å². The van der Waals surface area contributed by atoms with Crippen molar-refractivity contribution >= 4 is 49.4 Å². The van der Waals surface area contributed by atoms with E-state index in [4.69, 9.17) is 16.3 Å². The zero-order valence-electron chi connectivity index (χ0n) is 5.15. The second kappa shape index (κ2) is 6.43. The Balaban J connectivity index is 3.26. The van der Waals surface area contributed by atoms with Gasteiger partial charge in [0, 0.05) is 5.33 Å². The Hall–Kier alpha value is 0.720. The van der Waals surface area contributed by atoms with Crippen LogP contribution < -0.4 is 0 Å². The third-order valence-electron chi connectivity index (χ3n) is 0.702. The van der Waals surface area contributed by atoms with Crippen LogP contribution in [0.4, 0.5) is 0 Å². The maximum atomic E-state index is 10.4. The predicted octanol–water partition coefficient (Wildman–Crippen LogP) is 1.93. The molecule has 10 heavy (non-hydrogen) atoms. The highest BCUT2D eigenvalue weighted by molar-refractivity contribution is 9.12. The van der Waals surface area contributed by atoms with Crippen LogP contribution in [0.2, 0.25) is 0 Å². The molecular formula is C5H7Br2ClO2. The van der Waals surface area contributed by atoms with E-state index in [1.807, 2.05) is 0 Å². The highest BCUT2D eigenvalue weighted by Crippen LogP contribution is 2.03. The van der Waals surface area contributed by atoms with E-state index >= 15 is 0 Å². The van der Waals surface area contributed by atoms with Crippen molar-refractivity contribution in [2.75, 3.05) is 17.8 Å². The van der Waals surface area contributed by atoms with Gasteiger partial charge in [-0.15, -0.1) is 11.6 Å². The molecule has 0 aromatic rings. The summed E-state index contributed by atoms with van der Waals surface area (Å²) in [6.45, 7) is 0.358. The van der Waals surface area contributed by atoms with Gasteiger partial charge in [0.2, 0.25) is 0 Å². The fourth-order valence-corrected chi connectivity index (χ4v) is 0.663. The smallest absolute Gasteiger partial charge is 0.320 e. The van der Waals surface area contributed by atoms with Crippen LogP contribution in [0.1, 0.15) is 0 Å². The highest BCUT2D eigenvalue weighted by atomic mass is 79.9. The summed E-state index contributed by atoms with van der Waals surface area (Å²) in [5.74, 6) is -0.464. The van der Waals surface area contributed by atoms with Gasteiger partial charge in [0.25, 0.3) is 0 Å². The molecule has 0 saturated carbocycles. The third-order valence-corrected chi connectivity index (χ3v) is 3.16. The Morgan fingerprint density at radius 3 is 2.70 bits per heavy atom. The maximum absolute atomic E-state index is 10.4. The van der Waals surface area contributed by atoms with E-state index in [1.165, 1.54) is 0 Å². The van der Waals surface area contributed by atoms with Gasteiger partial charge in [-0.05, 0) is 0 Å². The molecule has 0 bridgehead atoms. The molecule has 0 fully saturated rings. The first-order valence-corrected chi connectivity index (χ1v) is 5.19. The van der Waals surface area contributed by atoms with E-state index in [-0.39, 0.29) is 16.7 Å². The van der Waals surface area contributed by atoms with Crippen LogP contribution in [-0.4, -0.2) is 28.6 Å². The van der Waals surface area contributed by atoms with Crippen molar-refractivity contribution in [1.29, 1.82) is 0 Å². The van der Waals surface area contributed by atoms with Crippen molar-refractivity contribution in [3.8, 4) is 0 Å². The minimum Gasteiger partial charge on any atom is -0.464 e. The molecule has 0 aliphatic carbocycles. The SMILES string of the molecule is O=C(CCl)OC[C@H](Br)CBr. The fraction of sp³-hybridized carbons (Fsp3) is 0.800. The quantitative estimate of drug-likeness (QED) is 0.585. The van der Waals surface area contributed by atoms with Crippen LogP contribution in [-0.2, 0) is 9.53 Å². The number of ether oxygens (including phenoxy) is 1. The molecule has 0 aliphatic rings. The van der Waals surface area contributed by atoms with E-state index in [1.54, 1.807) is 0 Å². The summed E-state index contributed by atoms with van der Waals surface area (Å²) < 4.78 is 4.70. The van der Waals surface area contributed by atoms with E-state index in [0.717, 1.165) is 5.33 Å². The number of alkyl halides is 3. The Kier molecular flexibility index (Phi) is 6.89. The molecular weight excluding hydrogens is 287 g/mol. The first-order chi connectivity index (χ1) is 4.70. The normalized spacial score (nSPS) is 12.7. The number of carbonyl (C=O) groups excluding carboxylic acids is 1.